The van der Waals surface area contributed by atoms with Gasteiger partial charge in [0.25, 0.3) is 0 Å². The van der Waals surface area contributed by atoms with Gasteiger partial charge >= 0.3 is 6.18 Å². The number of nitrogens with zero attached hydrogens (tertiary/aromatic N) is 4. The van der Waals surface area contributed by atoms with E-state index < -0.39 is 24.5 Å². The minimum Gasteiger partial charge on any atom is -0.490 e. The van der Waals surface area contributed by atoms with E-state index in [0.29, 0.717) is 21.5 Å². The number of fused-ring (bicyclic) bond motifs is 1. The van der Waals surface area contributed by atoms with E-state index in [1.54, 1.807) is 0 Å². The van der Waals surface area contributed by atoms with Gasteiger partial charge in [0.15, 0.2) is 10.7 Å². The molecule has 0 bridgehead atoms. The van der Waals surface area contributed by atoms with E-state index >= 15 is 0 Å². The van der Waals surface area contributed by atoms with Crippen LogP contribution in [0, 0.1) is 13.8 Å². The highest BCUT2D eigenvalue weighted by molar-refractivity contribution is 7.17. The molecule has 2 N–H and O–H groups in total. The maximum Gasteiger partial charge on any atom is 0.417 e. The summed E-state index contributed by atoms with van der Waals surface area (Å²) in [6.07, 6.45) is -3.14. The summed E-state index contributed by atoms with van der Waals surface area (Å²) in [6.45, 7) is 3.27. The molecule has 1 aromatic carbocycles. The molecule has 4 rings (SSSR count). The first-order chi connectivity index (χ1) is 15.6. The van der Waals surface area contributed by atoms with Crippen molar-refractivity contribution in [2.75, 3.05) is 13.2 Å². The van der Waals surface area contributed by atoms with Crippen molar-refractivity contribution >= 4 is 28.6 Å². The fourth-order valence-electron chi connectivity index (χ4n) is 3.29. The van der Waals surface area contributed by atoms with Crippen LogP contribution in [0.4, 0.5) is 13.2 Å². The standard InChI is InChI=1S/C21H18ClF3N4O3S/c1-10-3-12(4-11(2)17(10)32-9-14(31)8-30)19-27-28-20(33-19)16-7-29-6-13(21(23,24)25)5-15(22)18(29)26-16/h3-7,14,30-31H,8-9H2,1-2H3. The number of alkyl halides is 3. The lowest BCUT2D eigenvalue weighted by Gasteiger charge is -2.15. The van der Waals surface area contributed by atoms with E-state index in [-0.39, 0.29) is 17.3 Å². The van der Waals surface area contributed by atoms with Crippen molar-refractivity contribution in [1.29, 1.82) is 0 Å². The van der Waals surface area contributed by atoms with Crippen LogP contribution in [0.1, 0.15) is 16.7 Å². The largest absolute Gasteiger partial charge is 0.490 e. The molecule has 7 nitrogen and oxygen atoms in total. The van der Waals surface area contributed by atoms with Gasteiger partial charge in [0.05, 0.1) is 17.2 Å². The second kappa shape index (κ2) is 8.90. The molecule has 0 aliphatic carbocycles. The van der Waals surface area contributed by atoms with E-state index in [1.165, 1.54) is 21.9 Å². The highest BCUT2D eigenvalue weighted by Crippen LogP contribution is 2.36. The average molecular weight is 499 g/mol. The van der Waals surface area contributed by atoms with Crippen LogP contribution in [0.3, 0.4) is 0 Å². The van der Waals surface area contributed by atoms with E-state index in [2.05, 4.69) is 15.2 Å². The number of hydrogen-bond donors (Lipinski definition) is 2. The number of pyridine rings is 1. The summed E-state index contributed by atoms with van der Waals surface area (Å²) in [7, 11) is 0. The Kier molecular flexibility index (Phi) is 6.32. The summed E-state index contributed by atoms with van der Waals surface area (Å²) in [4.78, 5) is 4.32. The van der Waals surface area contributed by atoms with Crippen LogP contribution >= 0.6 is 22.9 Å². The number of rotatable bonds is 6. The Morgan fingerprint density at radius 2 is 1.79 bits per heavy atom. The minimum atomic E-state index is -4.53. The van der Waals surface area contributed by atoms with Gasteiger partial charge in [-0.05, 0) is 43.2 Å². The van der Waals surface area contributed by atoms with Crippen molar-refractivity contribution in [2.24, 2.45) is 0 Å². The molecule has 33 heavy (non-hydrogen) atoms. The highest BCUT2D eigenvalue weighted by Gasteiger charge is 2.32. The van der Waals surface area contributed by atoms with Gasteiger partial charge in [0.2, 0.25) is 0 Å². The fourth-order valence-corrected chi connectivity index (χ4v) is 4.33. The monoisotopic (exact) mass is 498 g/mol. The number of aliphatic hydroxyl groups excluding tert-OH is 2. The zero-order valence-corrected chi connectivity index (χ0v) is 19.0. The van der Waals surface area contributed by atoms with Crippen LogP contribution in [-0.4, -0.2) is 49.1 Å². The van der Waals surface area contributed by atoms with Crippen molar-refractivity contribution in [3.8, 4) is 27.0 Å². The molecular weight excluding hydrogens is 481 g/mol. The highest BCUT2D eigenvalue weighted by atomic mass is 35.5. The quantitative estimate of drug-likeness (QED) is 0.405. The number of ether oxygens (including phenoxy) is 1. The third-order valence-corrected chi connectivity index (χ3v) is 6.09. The predicted molar refractivity (Wildman–Crippen MR) is 118 cm³/mol. The minimum absolute atomic E-state index is 0.0347. The maximum atomic E-state index is 13.1. The molecule has 0 saturated heterocycles. The number of benzene rings is 1. The Morgan fingerprint density at radius 1 is 1.12 bits per heavy atom. The Balaban J connectivity index is 1.64. The van der Waals surface area contributed by atoms with Crippen LogP contribution < -0.4 is 4.74 Å². The summed E-state index contributed by atoms with van der Waals surface area (Å²) in [5.41, 5.74) is 2.07. The Labute approximate surface area is 195 Å². The van der Waals surface area contributed by atoms with Gasteiger partial charge in [-0.2, -0.15) is 13.2 Å². The molecule has 0 aliphatic heterocycles. The molecule has 0 spiro atoms. The van der Waals surface area contributed by atoms with Crippen LogP contribution in [-0.2, 0) is 6.18 Å². The lowest BCUT2D eigenvalue weighted by molar-refractivity contribution is -0.137. The second-order valence-corrected chi connectivity index (χ2v) is 8.82. The van der Waals surface area contributed by atoms with Crippen molar-refractivity contribution in [2.45, 2.75) is 26.1 Å². The SMILES string of the molecule is Cc1cc(-c2nnc(-c3cn4cc(C(F)(F)F)cc(Cl)c4n3)s2)cc(C)c1OCC(O)CO. The smallest absolute Gasteiger partial charge is 0.417 e. The third-order valence-electron chi connectivity index (χ3n) is 4.82. The molecule has 0 fully saturated rings. The predicted octanol–water partition coefficient (Wildman–Crippen LogP) is 4.54. The molecule has 1 unspecified atom stereocenters. The van der Waals surface area contributed by atoms with Crippen LogP contribution in [0.2, 0.25) is 5.02 Å². The Morgan fingerprint density at radius 3 is 2.42 bits per heavy atom. The van der Waals surface area contributed by atoms with Crippen molar-refractivity contribution < 1.29 is 28.1 Å². The van der Waals surface area contributed by atoms with Crippen molar-refractivity contribution in [3.05, 3.63) is 52.3 Å². The topological polar surface area (TPSA) is 92.8 Å². The molecule has 4 aromatic rings. The molecule has 0 radical (unpaired) electrons. The first-order valence-corrected chi connectivity index (χ1v) is 10.9. The maximum absolute atomic E-state index is 13.1. The first-order valence-electron chi connectivity index (χ1n) is 9.69. The number of aromatic nitrogens is 4. The van der Waals surface area contributed by atoms with E-state index in [9.17, 15) is 18.3 Å². The van der Waals surface area contributed by atoms with Gasteiger partial charge in [-0.1, -0.05) is 22.9 Å². The van der Waals surface area contributed by atoms with Gasteiger partial charge in [-0.15, -0.1) is 10.2 Å². The lowest BCUT2D eigenvalue weighted by Crippen LogP contribution is -2.21. The summed E-state index contributed by atoms with van der Waals surface area (Å²) < 4.78 is 46.1. The molecule has 12 heteroatoms. The molecule has 174 valence electrons. The average Bonchev–Trinajstić information content (AvgIpc) is 3.39. The molecule has 0 aliphatic rings. The van der Waals surface area contributed by atoms with Gasteiger partial charge in [0.1, 0.15) is 29.2 Å². The number of aryl methyl sites for hydroxylation is 2. The molecule has 3 aromatic heterocycles. The zero-order chi connectivity index (χ0) is 23.9. The van der Waals surface area contributed by atoms with Crippen LogP contribution in [0.15, 0.2) is 30.6 Å². The van der Waals surface area contributed by atoms with E-state index in [1.807, 2.05) is 26.0 Å². The number of halogens is 4. The van der Waals surface area contributed by atoms with Gasteiger partial charge in [-0.3, -0.25) is 0 Å². The van der Waals surface area contributed by atoms with Gasteiger partial charge in [-0.25, -0.2) is 4.98 Å². The zero-order valence-electron chi connectivity index (χ0n) is 17.4. The molecule has 3 heterocycles. The summed E-state index contributed by atoms with van der Waals surface area (Å²) in [6, 6.07) is 4.55. The van der Waals surface area contributed by atoms with Crippen molar-refractivity contribution in [3.63, 3.8) is 0 Å². The van der Waals surface area contributed by atoms with Gasteiger partial charge in [0, 0.05) is 18.0 Å². The molecule has 0 amide bonds. The summed E-state index contributed by atoms with van der Waals surface area (Å²) in [5.74, 6) is 0.603. The molecule has 0 saturated carbocycles. The van der Waals surface area contributed by atoms with Crippen LogP contribution in [0.25, 0.3) is 26.9 Å². The Bertz CT molecular complexity index is 1300. The third kappa shape index (κ3) is 4.81. The second-order valence-electron chi connectivity index (χ2n) is 7.43. The summed E-state index contributed by atoms with van der Waals surface area (Å²) >= 11 is 7.25. The van der Waals surface area contributed by atoms with E-state index in [0.717, 1.165) is 29.0 Å². The molecular formula is C21H18ClF3N4O3S. The fraction of sp³-hybridized carbons (Fsp3) is 0.286. The Hall–Kier alpha value is -2.73. The number of imidazole rings is 1. The summed E-state index contributed by atoms with van der Waals surface area (Å²) in [5, 5.41) is 27.7. The molecule has 1 atom stereocenters. The van der Waals surface area contributed by atoms with Gasteiger partial charge < -0.3 is 19.4 Å². The first kappa shape index (κ1) is 23.4. The normalized spacial score (nSPS) is 13.0. The number of hydrogen-bond acceptors (Lipinski definition) is 7. The van der Waals surface area contributed by atoms with Crippen molar-refractivity contribution in [1.82, 2.24) is 19.6 Å². The van der Waals surface area contributed by atoms with E-state index in [4.69, 9.17) is 21.4 Å². The number of aliphatic hydroxyl groups is 2. The van der Waals surface area contributed by atoms with Crippen LogP contribution in [0.5, 0.6) is 5.75 Å². The lowest BCUT2D eigenvalue weighted by atomic mass is 10.1.